The molecule has 4 nitrogen and oxygen atoms in total. The van der Waals surface area contributed by atoms with Crippen LogP contribution in [0.15, 0.2) is 120 Å². The van der Waals surface area contributed by atoms with Crippen LogP contribution < -0.4 is 4.90 Å². The average molecular weight is 644 g/mol. The highest BCUT2D eigenvalue weighted by atomic mass is 32.1. The summed E-state index contributed by atoms with van der Waals surface area (Å²) >= 11 is 1.57. The van der Waals surface area contributed by atoms with Crippen LogP contribution in [0.3, 0.4) is 0 Å². The summed E-state index contributed by atoms with van der Waals surface area (Å²) < 4.78 is 0. The summed E-state index contributed by atoms with van der Waals surface area (Å²) in [5.74, 6) is -0.172. The molecule has 48 heavy (non-hydrogen) atoms. The van der Waals surface area contributed by atoms with Gasteiger partial charge in [-0.15, -0.1) is 11.3 Å². The predicted molar refractivity (Wildman–Crippen MR) is 199 cm³/mol. The van der Waals surface area contributed by atoms with E-state index in [-0.39, 0.29) is 22.2 Å². The van der Waals surface area contributed by atoms with E-state index in [9.17, 15) is 15.3 Å². The largest absolute Gasteiger partial charge is 0.311 e. The molecule has 0 aliphatic heterocycles. The quantitative estimate of drug-likeness (QED) is 0.141. The molecule has 0 radical (unpaired) electrons. The van der Waals surface area contributed by atoms with Crippen LogP contribution in [-0.2, 0) is 10.8 Å². The Labute approximate surface area is 287 Å². The zero-order valence-corrected chi connectivity index (χ0v) is 28.9. The molecule has 1 aliphatic rings. The highest BCUT2D eigenvalue weighted by Crippen LogP contribution is 2.42. The molecule has 0 N–H and O–H groups in total. The lowest BCUT2D eigenvalue weighted by atomic mass is 9.86. The fourth-order valence-electron chi connectivity index (χ4n) is 6.02. The van der Waals surface area contributed by atoms with Gasteiger partial charge in [-0.1, -0.05) is 102 Å². The van der Waals surface area contributed by atoms with Crippen molar-refractivity contribution in [3.63, 3.8) is 0 Å². The Bertz CT molecular complexity index is 2080. The standard InChI is InChI=1S/C43H37N3OS/c1-42(2,3)30-13-19-33(20-14-30)46(34-21-15-31(16-22-34)43(4,5)6)32-17-11-28(12-18-32)39-24-23-35(48-39)25-38-40(29(26-44)27-45)36-9-7-8-10-37(36)41(38)47/h7-25H,1-6H3/b38-25+. The Morgan fingerprint density at radius 3 is 1.60 bits per heavy atom. The van der Waals surface area contributed by atoms with Gasteiger partial charge in [0.1, 0.15) is 17.7 Å². The van der Waals surface area contributed by atoms with E-state index in [1.165, 1.54) is 11.1 Å². The van der Waals surface area contributed by atoms with Crippen molar-refractivity contribution in [1.82, 2.24) is 0 Å². The van der Waals surface area contributed by atoms with E-state index in [4.69, 9.17) is 0 Å². The topological polar surface area (TPSA) is 67.9 Å². The van der Waals surface area contributed by atoms with Crippen LogP contribution in [0, 0.1) is 22.7 Å². The second-order valence-corrected chi connectivity index (χ2v) is 15.2. The maximum Gasteiger partial charge on any atom is 0.194 e. The van der Waals surface area contributed by atoms with Gasteiger partial charge in [0.25, 0.3) is 0 Å². The Morgan fingerprint density at radius 2 is 1.12 bits per heavy atom. The molecule has 1 aromatic heterocycles. The molecular weight excluding hydrogens is 607 g/mol. The molecule has 0 saturated carbocycles. The van der Waals surface area contributed by atoms with E-state index in [1.807, 2.05) is 30.3 Å². The lowest BCUT2D eigenvalue weighted by Gasteiger charge is -2.28. The first-order valence-corrected chi connectivity index (χ1v) is 16.8. The van der Waals surface area contributed by atoms with Crippen molar-refractivity contribution in [2.75, 3.05) is 4.90 Å². The average Bonchev–Trinajstić information content (AvgIpc) is 3.65. The molecule has 0 saturated heterocycles. The number of allylic oxidation sites excluding steroid dienone is 3. The minimum Gasteiger partial charge on any atom is -0.311 e. The smallest absolute Gasteiger partial charge is 0.194 e. The van der Waals surface area contributed by atoms with Crippen LogP contribution in [-0.4, -0.2) is 5.78 Å². The van der Waals surface area contributed by atoms with Gasteiger partial charge in [-0.05, 0) is 87.7 Å². The number of nitriles is 2. The van der Waals surface area contributed by atoms with E-state index in [2.05, 4.69) is 119 Å². The van der Waals surface area contributed by atoms with Gasteiger partial charge in [-0.3, -0.25) is 4.79 Å². The van der Waals surface area contributed by atoms with Crippen LogP contribution in [0.4, 0.5) is 17.1 Å². The summed E-state index contributed by atoms with van der Waals surface area (Å²) in [7, 11) is 0. The number of fused-ring (bicyclic) bond motifs is 1. The predicted octanol–water partition coefficient (Wildman–Crippen LogP) is 11.6. The molecule has 0 fully saturated rings. The Morgan fingerprint density at radius 1 is 0.646 bits per heavy atom. The maximum atomic E-state index is 13.4. The minimum atomic E-state index is -0.172. The first kappa shape index (κ1) is 32.5. The van der Waals surface area contributed by atoms with E-state index < -0.39 is 0 Å². The summed E-state index contributed by atoms with van der Waals surface area (Å²) in [5, 5.41) is 19.3. The molecule has 0 atom stereocenters. The van der Waals surface area contributed by atoms with Crippen LogP contribution >= 0.6 is 11.3 Å². The number of hydrogen-bond donors (Lipinski definition) is 0. The van der Waals surface area contributed by atoms with Crippen molar-refractivity contribution in [2.24, 2.45) is 0 Å². The lowest BCUT2D eigenvalue weighted by molar-refractivity contribution is 0.104. The minimum absolute atomic E-state index is 0.0578. The summed E-state index contributed by atoms with van der Waals surface area (Å²) in [6.45, 7) is 13.4. The van der Waals surface area contributed by atoms with E-state index in [1.54, 1.807) is 35.6 Å². The number of anilines is 3. The van der Waals surface area contributed by atoms with Gasteiger partial charge < -0.3 is 4.90 Å². The molecule has 1 aliphatic carbocycles. The van der Waals surface area contributed by atoms with Gasteiger partial charge in [0.2, 0.25) is 0 Å². The number of carbonyl (C=O) groups is 1. The van der Waals surface area contributed by atoms with Crippen LogP contribution in [0.1, 0.15) is 73.5 Å². The van der Waals surface area contributed by atoms with E-state index in [0.717, 1.165) is 32.4 Å². The van der Waals surface area contributed by atoms with E-state index >= 15 is 0 Å². The third kappa shape index (κ3) is 6.26. The summed E-state index contributed by atoms with van der Waals surface area (Å²) in [6.07, 6.45) is 1.80. The number of Topliss-reactive ketones (excluding diaryl/α,β-unsaturated/α-hetero) is 1. The zero-order chi connectivity index (χ0) is 34.2. The van der Waals surface area contributed by atoms with Crippen LogP contribution in [0.25, 0.3) is 22.1 Å². The molecule has 0 spiro atoms. The first-order valence-electron chi connectivity index (χ1n) is 16.0. The van der Waals surface area contributed by atoms with Crippen molar-refractivity contribution in [3.05, 3.63) is 147 Å². The monoisotopic (exact) mass is 643 g/mol. The normalized spacial score (nSPS) is 13.6. The second-order valence-electron chi connectivity index (χ2n) is 14.1. The van der Waals surface area contributed by atoms with Gasteiger partial charge in [0.15, 0.2) is 5.78 Å². The molecule has 5 aromatic rings. The van der Waals surface area contributed by atoms with Gasteiger partial charge >= 0.3 is 0 Å². The Hall–Kier alpha value is -5.49. The van der Waals surface area contributed by atoms with Gasteiger partial charge in [0, 0.05) is 43.5 Å². The number of hydrogen-bond acceptors (Lipinski definition) is 5. The number of ketones is 1. The summed E-state index contributed by atoms with van der Waals surface area (Å²) in [5.41, 5.74) is 8.86. The number of nitrogens with zero attached hydrogens (tertiary/aromatic N) is 3. The van der Waals surface area contributed by atoms with Gasteiger partial charge in [-0.25, -0.2) is 0 Å². The molecule has 5 heteroatoms. The number of thiophene rings is 1. The Balaban J connectivity index is 1.34. The Kier molecular flexibility index (Phi) is 8.52. The number of rotatable bonds is 5. The molecule has 0 amide bonds. The molecule has 6 rings (SSSR count). The molecule has 236 valence electrons. The van der Waals surface area contributed by atoms with Crippen molar-refractivity contribution < 1.29 is 4.79 Å². The maximum absolute atomic E-state index is 13.4. The summed E-state index contributed by atoms with van der Waals surface area (Å²) in [4.78, 5) is 17.6. The van der Waals surface area contributed by atoms with Crippen molar-refractivity contribution in [1.29, 1.82) is 10.5 Å². The summed E-state index contributed by atoms with van der Waals surface area (Å²) in [6, 6.07) is 41.3. The fourth-order valence-corrected chi connectivity index (χ4v) is 6.97. The third-order valence-electron chi connectivity index (χ3n) is 8.74. The fraction of sp³-hybridized carbons (Fsp3) is 0.186. The number of carbonyl (C=O) groups excluding carboxylic acids is 1. The second kappa shape index (κ2) is 12.6. The van der Waals surface area contributed by atoms with Crippen LogP contribution in [0.2, 0.25) is 0 Å². The highest BCUT2D eigenvalue weighted by molar-refractivity contribution is 7.16. The molecular formula is C43H37N3OS. The first-order chi connectivity index (χ1) is 22.9. The van der Waals surface area contributed by atoms with Crippen molar-refractivity contribution >= 4 is 45.8 Å². The SMILES string of the molecule is CC(C)(C)c1ccc(N(c2ccc(-c3ccc(/C=C4/C(=O)c5ccccc5C4=C(C#N)C#N)s3)cc2)c2ccc(C(C)(C)C)cc2)cc1. The highest BCUT2D eigenvalue weighted by Gasteiger charge is 2.32. The van der Waals surface area contributed by atoms with Crippen molar-refractivity contribution in [3.8, 4) is 22.6 Å². The zero-order valence-electron chi connectivity index (χ0n) is 28.1. The van der Waals surface area contributed by atoms with E-state index in [0.29, 0.717) is 22.3 Å². The van der Waals surface area contributed by atoms with Crippen molar-refractivity contribution in [2.45, 2.75) is 52.4 Å². The van der Waals surface area contributed by atoms with Gasteiger partial charge in [0.05, 0.1) is 0 Å². The molecule has 0 unspecified atom stereocenters. The number of benzene rings is 4. The third-order valence-corrected chi connectivity index (χ3v) is 9.82. The van der Waals surface area contributed by atoms with Crippen LogP contribution in [0.5, 0.6) is 0 Å². The van der Waals surface area contributed by atoms with Gasteiger partial charge in [-0.2, -0.15) is 10.5 Å². The molecule has 1 heterocycles. The molecule has 0 bridgehead atoms. The molecule has 4 aromatic carbocycles. The lowest BCUT2D eigenvalue weighted by Crippen LogP contribution is -2.14.